The first kappa shape index (κ1) is 11.5. The Morgan fingerprint density at radius 1 is 1.24 bits per heavy atom. The van der Waals surface area contributed by atoms with Crippen LogP contribution in [0.25, 0.3) is 0 Å². The van der Waals surface area contributed by atoms with E-state index in [4.69, 9.17) is 0 Å². The molecule has 2 aliphatic heterocycles. The van der Waals surface area contributed by atoms with Crippen molar-refractivity contribution in [2.24, 2.45) is 0 Å². The molecular formula is C12H19N3OS. The molecule has 0 aliphatic carbocycles. The number of aryl methyl sites for hydroxylation is 1. The Kier molecular flexibility index (Phi) is 3.38. The first-order valence-electron chi connectivity index (χ1n) is 6.57. The average Bonchev–Trinajstić information content (AvgIpc) is 2.75. The molecule has 94 valence electrons. The van der Waals surface area contributed by atoms with Gasteiger partial charge in [-0.1, -0.05) is 6.42 Å². The molecule has 2 atom stereocenters. The molecule has 5 heteroatoms. The van der Waals surface area contributed by atoms with E-state index in [-0.39, 0.29) is 0 Å². The maximum Gasteiger partial charge on any atom is 0.136 e. The monoisotopic (exact) mass is 253 g/mol. The first-order chi connectivity index (χ1) is 8.34. The molecule has 2 unspecified atom stereocenters. The predicted molar refractivity (Wildman–Crippen MR) is 68.0 cm³/mol. The minimum atomic E-state index is -0.391. The van der Waals surface area contributed by atoms with Crippen LogP contribution in [-0.2, 0) is 12.8 Å². The second-order valence-corrected chi connectivity index (χ2v) is 6.38. The molecule has 0 radical (unpaired) electrons. The Labute approximate surface area is 106 Å². The van der Waals surface area contributed by atoms with Gasteiger partial charge in [-0.15, -0.1) is 10.2 Å². The summed E-state index contributed by atoms with van der Waals surface area (Å²) in [7, 11) is 0. The van der Waals surface area contributed by atoms with Crippen molar-refractivity contribution in [2.45, 2.75) is 56.4 Å². The molecular weight excluding hydrogens is 234 g/mol. The van der Waals surface area contributed by atoms with Gasteiger partial charge in [-0.2, -0.15) is 11.8 Å². The molecule has 1 aromatic rings. The fraction of sp³-hybridized carbons (Fsp3) is 0.833. The SMILES string of the molecule is OC1CCCc2nnc(CC3CCCCS3)n21. The zero-order chi connectivity index (χ0) is 11.7. The van der Waals surface area contributed by atoms with Crippen LogP contribution in [0.3, 0.4) is 0 Å². The van der Waals surface area contributed by atoms with Gasteiger partial charge in [0.25, 0.3) is 0 Å². The lowest BCUT2D eigenvalue weighted by atomic mass is 10.1. The summed E-state index contributed by atoms with van der Waals surface area (Å²) in [6.45, 7) is 0. The Balaban J connectivity index is 1.76. The highest BCUT2D eigenvalue weighted by Gasteiger charge is 2.25. The van der Waals surface area contributed by atoms with Crippen LogP contribution in [0.4, 0.5) is 0 Å². The van der Waals surface area contributed by atoms with Crippen molar-refractivity contribution in [3.8, 4) is 0 Å². The molecule has 1 fully saturated rings. The summed E-state index contributed by atoms with van der Waals surface area (Å²) in [5, 5.41) is 19.2. The molecule has 3 rings (SSSR count). The average molecular weight is 253 g/mol. The van der Waals surface area contributed by atoms with E-state index in [1.54, 1.807) is 0 Å². The van der Waals surface area contributed by atoms with Crippen molar-refractivity contribution in [3.05, 3.63) is 11.6 Å². The van der Waals surface area contributed by atoms with Crippen molar-refractivity contribution in [3.63, 3.8) is 0 Å². The molecule has 1 N–H and O–H groups in total. The van der Waals surface area contributed by atoms with E-state index in [9.17, 15) is 5.11 Å². The van der Waals surface area contributed by atoms with Crippen LogP contribution in [0.15, 0.2) is 0 Å². The highest BCUT2D eigenvalue weighted by molar-refractivity contribution is 7.99. The smallest absolute Gasteiger partial charge is 0.136 e. The summed E-state index contributed by atoms with van der Waals surface area (Å²) in [5.74, 6) is 3.24. The summed E-state index contributed by atoms with van der Waals surface area (Å²) in [6.07, 6.45) is 7.37. The third kappa shape index (κ3) is 2.36. The summed E-state index contributed by atoms with van der Waals surface area (Å²) in [4.78, 5) is 0. The highest BCUT2D eigenvalue weighted by atomic mass is 32.2. The largest absolute Gasteiger partial charge is 0.373 e. The van der Waals surface area contributed by atoms with Gasteiger partial charge in [0, 0.05) is 18.1 Å². The second kappa shape index (κ2) is 4.98. The van der Waals surface area contributed by atoms with Crippen LogP contribution in [0.2, 0.25) is 0 Å². The van der Waals surface area contributed by atoms with Gasteiger partial charge in [0.1, 0.15) is 17.9 Å². The Morgan fingerprint density at radius 3 is 3.00 bits per heavy atom. The third-order valence-corrected chi connectivity index (χ3v) is 5.08. The van der Waals surface area contributed by atoms with E-state index in [1.807, 2.05) is 4.57 Å². The lowest BCUT2D eigenvalue weighted by Crippen LogP contribution is -2.22. The van der Waals surface area contributed by atoms with E-state index < -0.39 is 6.23 Å². The minimum absolute atomic E-state index is 0.391. The van der Waals surface area contributed by atoms with Gasteiger partial charge in [0.15, 0.2) is 0 Å². The number of thioether (sulfide) groups is 1. The molecule has 0 saturated carbocycles. The summed E-state index contributed by atoms with van der Waals surface area (Å²) >= 11 is 2.05. The fourth-order valence-corrected chi connectivity index (χ4v) is 4.06. The fourth-order valence-electron chi connectivity index (χ4n) is 2.76. The molecule has 1 aromatic heterocycles. The van der Waals surface area contributed by atoms with Crippen LogP contribution in [-0.4, -0.2) is 30.9 Å². The molecule has 0 amide bonds. The van der Waals surface area contributed by atoms with E-state index in [0.29, 0.717) is 5.25 Å². The van der Waals surface area contributed by atoms with Crippen molar-refractivity contribution in [1.29, 1.82) is 0 Å². The molecule has 0 spiro atoms. The number of hydrogen-bond donors (Lipinski definition) is 1. The van der Waals surface area contributed by atoms with E-state index in [1.165, 1.54) is 25.0 Å². The topological polar surface area (TPSA) is 50.9 Å². The van der Waals surface area contributed by atoms with Crippen LogP contribution < -0.4 is 0 Å². The van der Waals surface area contributed by atoms with Gasteiger partial charge in [0.05, 0.1) is 0 Å². The van der Waals surface area contributed by atoms with Crippen molar-refractivity contribution in [2.75, 3.05) is 5.75 Å². The number of fused-ring (bicyclic) bond motifs is 1. The second-order valence-electron chi connectivity index (χ2n) is 4.97. The zero-order valence-corrected chi connectivity index (χ0v) is 10.8. The first-order valence-corrected chi connectivity index (χ1v) is 7.62. The lowest BCUT2D eigenvalue weighted by Gasteiger charge is -2.24. The molecule has 4 nitrogen and oxygen atoms in total. The van der Waals surface area contributed by atoms with E-state index >= 15 is 0 Å². The molecule has 2 aliphatic rings. The summed E-state index contributed by atoms with van der Waals surface area (Å²) < 4.78 is 1.97. The van der Waals surface area contributed by atoms with E-state index in [0.717, 1.165) is 37.3 Å². The number of nitrogens with zero attached hydrogens (tertiary/aromatic N) is 3. The highest BCUT2D eigenvalue weighted by Crippen LogP contribution is 2.29. The van der Waals surface area contributed by atoms with Gasteiger partial charge in [-0.3, -0.25) is 4.57 Å². The van der Waals surface area contributed by atoms with Gasteiger partial charge < -0.3 is 5.11 Å². The Bertz CT molecular complexity index is 387. The number of aliphatic hydroxyl groups excluding tert-OH is 1. The quantitative estimate of drug-likeness (QED) is 0.875. The maximum absolute atomic E-state index is 10.0. The molecule has 1 saturated heterocycles. The van der Waals surface area contributed by atoms with Crippen LogP contribution in [0, 0.1) is 0 Å². The van der Waals surface area contributed by atoms with E-state index in [2.05, 4.69) is 22.0 Å². The Hall–Kier alpha value is -0.550. The molecule has 0 bridgehead atoms. The van der Waals surface area contributed by atoms with Gasteiger partial charge in [-0.05, 0) is 31.4 Å². The van der Waals surface area contributed by atoms with Crippen LogP contribution >= 0.6 is 11.8 Å². The van der Waals surface area contributed by atoms with Crippen LogP contribution in [0.5, 0.6) is 0 Å². The minimum Gasteiger partial charge on any atom is -0.373 e. The number of aliphatic hydroxyl groups is 1. The maximum atomic E-state index is 10.0. The molecule has 3 heterocycles. The molecule has 17 heavy (non-hydrogen) atoms. The predicted octanol–water partition coefficient (Wildman–Crippen LogP) is 1.93. The normalized spacial score (nSPS) is 29.0. The third-order valence-electron chi connectivity index (χ3n) is 3.68. The van der Waals surface area contributed by atoms with Gasteiger partial charge >= 0.3 is 0 Å². The lowest BCUT2D eigenvalue weighted by molar-refractivity contribution is 0.0749. The van der Waals surface area contributed by atoms with Crippen molar-refractivity contribution in [1.82, 2.24) is 14.8 Å². The van der Waals surface area contributed by atoms with Crippen LogP contribution in [0.1, 0.15) is 50.0 Å². The zero-order valence-electron chi connectivity index (χ0n) is 10.0. The summed E-state index contributed by atoms with van der Waals surface area (Å²) in [6, 6.07) is 0. The summed E-state index contributed by atoms with van der Waals surface area (Å²) in [5.41, 5.74) is 0. The number of aromatic nitrogens is 3. The molecule has 0 aromatic carbocycles. The standard InChI is InChI=1S/C12H19N3OS/c16-12-6-3-5-10-13-14-11(15(10)12)8-9-4-1-2-7-17-9/h9,12,16H,1-8H2. The van der Waals surface area contributed by atoms with Crippen molar-refractivity contribution < 1.29 is 5.11 Å². The van der Waals surface area contributed by atoms with Crippen molar-refractivity contribution >= 4 is 11.8 Å². The number of rotatable bonds is 2. The van der Waals surface area contributed by atoms with Gasteiger partial charge in [-0.25, -0.2) is 0 Å². The van der Waals surface area contributed by atoms with Gasteiger partial charge in [0.2, 0.25) is 0 Å². The Morgan fingerprint density at radius 2 is 2.18 bits per heavy atom. The number of hydrogen-bond acceptors (Lipinski definition) is 4.